The Hall–Kier alpha value is -1.85. The third-order valence-corrected chi connectivity index (χ3v) is 3.16. The Labute approximate surface area is 119 Å². The molecule has 2 aromatic rings. The van der Waals surface area contributed by atoms with Crippen molar-refractivity contribution in [2.45, 2.75) is 13.2 Å². The molecule has 0 bridgehead atoms. The predicted molar refractivity (Wildman–Crippen MR) is 76.8 cm³/mol. The molecule has 0 fully saturated rings. The summed E-state index contributed by atoms with van der Waals surface area (Å²) in [5.74, 6) is 0.733. The summed E-state index contributed by atoms with van der Waals surface area (Å²) >= 11 is 0. The Kier molecular flexibility index (Phi) is 4.76. The minimum Gasteiger partial charge on any atom is -0.489 e. The summed E-state index contributed by atoms with van der Waals surface area (Å²) in [6.07, 6.45) is 1.03. The van der Waals surface area contributed by atoms with Crippen LogP contribution in [0, 0.1) is 0 Å². The van der Waals surface area contributed by atoms with Crippen molar-refractivity contribution in [3.05, 3.63) is 65.7 Å². The molecule has 5 heteroatoms. The number of hydrogen-bond donors (Lipinski definition) is 0. The first-order chi connectivity index (χ1) is 9.53. The van der Waals surface area contributed by atoms with Gasteiger partial charge in [-0.2, -0.15) is 8.42 Å². The summed E-state index contributed by atoms with van der Waals surface area (Å²) in [6.45, 7) is 0.540. The van der Waals surface area contributed by atoms with Crippen LogP contribution < -0.4 is 4.74 Å². The van der Waals surface area contributed by atoms with E-state index in [1.807, 2.05) is 30.3 Å². The van der Waals surface area contributed by atoms with Gasteiger partial charge in [0.15, 0.2) is 0 Å². The lowest BCUT2D eigenvalue weighted by molar-refractivity contribution is 0.303. The molecule has 0 atom stereocenters. The maximum absolute atomic E-state index is 10.9. The van der Waals surface area contributed by atoms with Gasteiger partial charge in [0, 0.05) is 0 Å². The smallest absolute Gasteiger partial charge is 0.264 e. The molecule has 0 N–H and O–H groups in total. The normalized spacial score (nSPS) is 11.2. The second-order valence-corrected chi connectivity index (χ2v) is 6.03. The first-order valence-corrected chi connectivity index (χ1v) is 7.95. The fraction of sp³-hybridized carbons (Fsp3) is 0.200. The van der Waals surface area contributed by atoms with Gasteiger partial charge in [0.1, 0.15) is 12.4 Å². The lowest BCUT2D eigenvalue weighted by Gasteiger charge is -2.07. The SMILES string of the molecule is CS(=O)(=O)OCc1ccc(OCc2ccccc2)cc1. The molecular formula is C15H16O4S. The van der Waals surface area contributed by atoms with E-state index in [-0.39, 0.29) is 6.61 Å². The molecule has 0 unspecified atom stereocenters. The zero-order chi connectivity index (χ0) is 14.4. The molecule has 0 spiro atoms. The molecule has 0 aliphatic heterocycles. The van der Waals surface area contributed by atoms with Crippen LogP contribution in [0.4, 0.5) is 0 Å². The van der Waals surface area contributed by atoms with Gasteiger partial charge in [0.25, 0.3) is 10.1 Å². The fourth-order valence-corrected chi connectivity index (χ4v) is 1.95. The van der Waals surface area contributed by atoms with Crippen molar-refractivity contribution in [2.24, 2.45) is 0 Å². The summed E-state index contributed by atoms with van der Waals surface area (Å²) in [4.78, 5) is 0. The van der Waals surface area contributed by atoms with Crippen LogP contribution >= 0.6 is 0 Å². The molecule has 106 valence electrons. The molecule has 0 aliphatic rings. The second kappa shape index (κ2) is 6.54. The van der Waals surface area contributed by atoms with Crippen LogP contribution in [0.15, 0.2) is 54.6 Å². The van der Waals surface area contributed by atoms with Crippen LogP contribution in [-0.4, -0.2) is 14.7 Å². The summed E-state index contributed by atoms with van der Waals surface area (Å²) in [5, 5.41) is 0. The van der Waals surface area contributed by atoms with Gasteiger partial charge in [-0.1, -0.05) is 42.5 Å². The Morgan fingerprint density at radius 1 is 0.850 bits per heavy atom. The van der Waals surface area contributed by atoms with Gasteiger partial charge in [-0.25, -0.2) is 0 Å². The van der Waals surface area contributed by atoms with Gasteiger partial charge in [0.2, 0.25) is 0 Å². The molecule has 0 radical (unpaired) electrons. The molecular weight excluding hydrogens is 276 g/mol. The lowest BCUT2D eigenvalue weighted by Crippen LogP contribution is -2.02. The van der Waals surface area contributed by atoms with Gasteiger partial charge in [0.05, 0.1) is 12.9 Å². The van der Waals surface area contributed by atoms with E-state index < -0.39 is 10.1 Å². The predicted octanol–water partition coefficient (Wildman–Crippen LogP) is 2.74. The van der Waals surface area contributed by atoms with Gasteiger partial charge in [-0.05, 0) is 23.3 Å². The number of benzene rings is 2. The van der Waals surface area contributed by atoms with Crippen LogP contribution in [0.1, 0.15) is 11.1 Å². The lowest BCUT2D eigenvalue weighted by atomic mass is 10.2. The average molecular weight is 292 g/mol. The number of hydrogen-bond acceptors (Lipinski definition) is 4. The van der Waals surface area contributed by atoms with Crippen LogP contribution in [0.25, 0.3) is 0 Å². The van der Waals surface area contributed by atoms with Crippen LogP contribution in [0.5, 0.6) is 5.75 Å². The van der Waals surface area contributed by atoms with Crippen molar-refractivity contribution in [1.82, 2.24) is 0 Å². The quantitative estimate of drug-likeness (QED) is 0.768. The van der Waals surface area contributed by atoms with Crippen LogP contribution in [-0.2, 0) is 27.5 Å². The largest absolute Gasteiger partial charge is 0.489 e. The highest BCUT2D eigenvalue weighted by Crippen LogP contribution is 2.15. The molecule has 2 aromatic carbocycles. The standard InChI is InChI=1S/C15H16O4S/c1-20(16,17)19-12-14-7-9-15(10-8-14)18-11-13-5-3-2-4-6-13/h2-10H,11-12H2,1H3. The monoisotopic (exact) mass is 292 g/mol. The van der Waals surface area contributed by atoms with E-state index in [0.717, 1.165) is 23.1 Å². The topological polar surface area (TPSA) is 52.6 Å². The maximum Gasteiger partial charge on any atom is 0.264 e. The zero-order valence-electron chi connectivity index (χ0n) is 11.2. The number of ether oxygens (including phenoxy) is 1. The van der Waals surface area contributed by atoms with Crippen molar-refractivity contribution >= 4 is 10.1 Å². The third kappa shape index (κ3) is 5.03. The average Bonchev–Trinajstić information content (AvgIpc) is 2.44. The molecule has 20 heavy (non-hydrogen) atoms. The summed E-state index contributed by atoms with van der Waals surface area (Å²) < 4.78 is 32.1. The molecule has 0 aromatic heterocycles. The van der Waals surface area contributed by atoms with Crippen molar-refractivity contribution in [2.75, 3.05) is 6.26 Å². The van der Waals surface area contributed by atoms with Gasteiger partial charge >= 0.3 is 0 Å². The molecule has 0 heterocycles. The van der Waals surface area contributed by atoms with Gasteiger partial charge in [-0.15, -0.1) is 0 Å². The number of rotatable bonds is 6. The fourth-order valence-electron chi connectivity index (χ4n) is 1.60. The van der Waals surface area contributed by atoms with E-state index in [1.54, 1.807) is 24.3 Å². The minimum atomic E-state index is -3.41. The van der Waals surface area contributed by atoms with E-state index in [2.05, 4.69) is 0 Å². The van der Waals surface area contributed by atoms with E-state index in [1.165, 1.54) is 0 Å². The molecule has 4 nitrogen and oxygen atoms in total. The third-order valence-electron chi connectivity index (χ3n) is 2.61. The summed E-state index contributed by atoms with van der Waals surface area (Å²) in [5.41, 5.74) is 1.87. The van der Waals surface area contributed by atoms with Gasteiger partial charge < -0.3 is 4.74 Å². The Balaban J connectivity index is 1.88. The highest BCUT2D eigenvalue weighted by Gasteiger charge is 2.03. The minimum absolute atomic E-state index is 0.0395. The molecule has 2 rings (SSSR count). The molecule has 0 saturated heterocycles. The molecule has 0 aliphatic carbocycles. The van der Waals surface area contributed by atoms with Crippen molar-refractivity contribution < 1.29 is 17.3 Å². The summed E-state index contributed by atoms with van der Waals surface area (Å²) in [6, 6.07) is 17.0. The Bertz CT molecular complexity index is 633. The van der Waals surface area contributed by atoms with Gasteiger partial charge in [-0.3, -0.25) is 4.18 Å². The van der Waals surface area contributed by atoms with E-state index in [9.17, 15) is 8.42 Å². The second-order valence-electron chi connectivity index (χ2n) is 4.38. The summed E-state index contributed by atoms with van der Waals surface area (Å²) in [7, 11) is -3.41. The zero-order valence-corrected chi connectivity index (χ0v) is 12.0. The first-order valence-electron chi connectivity index (χ1n) is 6.13. The first kappa shape index (κ1) is 14.6. The highest BCUT2D eigenvalue weighted by molar-refractivity contribution is 7.85. The van der Waals surface area contributed by atoms with Crippen LogP contribution in [0.3, 0.4) is 0 Å². The highest BCUT2D eigenvalue weighted by atomic mass is 32.2. The van der Waals surface area contributed by atoms with Crippen molar-refractivity contribution in [3.63, 3.8) is 0 Å². The molecule has 0 amide bonds. The Morgan fingerprint density at radius 3 is 2.05 bits per heavy atom. The van der Waals surface area contributed by atoms with E-state index >= 15 is 0 Å². The molecule has 0 saturated carbocycles. The maximum atomic E-state index is 10.9. The van der Waals surface area contributed by atoms with Crippen molar-refractivity contribution in [3.8, 4) is 5.75 Å². The van der Waals surface area contributed by atoms with E-state index in [0.29, 0.717) is 6.61 Å². The van der Waals surface area contributed by atoms with E-state index in [4.69, 9.17) is 8.92 Å². The van der Waals surface area contributed by atoms with Crippen LogP contribution in [0.2, 0.25) is 0 Å². The Morgan fingerprint density at radius 2 is 1.45 bits per heavy atom. The van der Waals surface area contributed by atoms with Crippen molar-refractivity contribution in [1.29, 1.82) is 0 Å².